The molecule has 0 radical (unpaired) electrons. The molecule has 0 bridgehead atoms. The van der Waals surface area contributed by atoms with E-state index in [9.17, 15) is 9.59 Å². The van der Waals surface area contributed by atoms with E-state index in [0.717, 1.165) is 0 Å². The van der Waals surface area contributed by atoms with Crippen LogP contribution in [0.2, 0.25) is 0 Å². The van der Waals surface area contributed by atoms with Crippen molar-refractivity contribution in [1.29, 1.82) is 0 Å². The highest BCUT2D eigenvalue weighted by molar-refractivity contribution is 5.89. The van der Waals surface area contributed by atoms with Crippen LogP contribution in [0.1, 0.15) is 20.8 Å². The quantitative estimate of drug-likeness (QED) is 0.482. The molecule has 0 aromatic carbocycles. The summed E-state index contributed by atoms with van der Waals surface area (Å²) in [5.41, 5.74) is 5.46. The molecular weight excluding hydrogens is 186 g/mol. The van der Waals surface area contributed by atoms with Gasteiger partial charge in [-0.1, -0.05) is 13.8 Å². The second-order valence-electron chi connectivity index (χ2n) is 3.59. The first-order chi connectivity index (χ1) is 6.40. The molecule has 0 heterocycles. The van der Waals surface area contributed by atoms with Gasteiger partial charge in [-0.15, -0.1) is 0 Å². The average Bonchev–Trinajstić information content (AvgIpc) is 2.14. The normalized spacial score (nSPS) is 15.0. The van der Waals surface area contributed by atoms with E-state index < -0.39 is 23.9 Å². The third-order valence-corrected chi connectivity index (χ3v) is 1.87. The topological polar surface area (TPSA) is 89.6 Å². The molecule has 5 nitrogen and oxygen atoms in total. The standard InChI is InChI=1S/C9H17NO4/c1-5(2)7(10)9(13)14-8(12)6(3)4-11/h5-7,11H,4,10H2,1-3H3/t6?,7-/m0/s1. The Labute approximate surface area is 83.2 Å². The third-order valence-electron chi connectivity index (χ3n) is 1.87. The maximum Gasteiger partial charge on any atom is 0.330 e. The zero-order chi connectivity index (χ0) is 11.3. The summed E-state index contributed by atoms with van der Waals surface area (Å²) in [6.45, 7) is 4.64. The van der Waals surface area contributed by atoms with Gasteiger partial charge in [0.2, 0.25) is 0 Å². The van der Waals surface area contributed by atoms with Gasteiger partial charge in [-0.2, -0.15) is 0 Å². The molecule has 1 unspecified atom stereocenters. The highest BCUT2D eigenvalue weighted by atomic mass is 16.6. The lowest BCUT2D eigenvalue weighted by molar-refractivity contribution is -0.164. The smallest absolute Gasteiger partial charge is 0.330 e. The van der Waals surface area contributed by atoms with Gasteiger partial charge in [-0.05, 0) is 12.8 Å². The zero-order valence-corrected chi connectivity index (χ0v) is 8.69. The Balaban J connectivity index is 4.13. The lowest BCUT2D eigenvalue weighted by Gasteiger charge is -2.14. The summed E-state index contributed by atoms with van der Waals surface area (Å²) >= 11 is 0. The van der Waals surface area contributed by atoms with Crippen molar-refractivity contribution in [2.45, 2.75) is 26.8 Å². The van der Waals surface area contributed by atoms with Crippen LogP contribution in [0, 0.1) is 11.8 Å². The molecule has 82 valence electrons. The molecule has 0 aliphatic heterocycles. The predicted octanol–water partition coefficient (Wildman–Crippen LogP) is -0.332. The summed E-state index contributed by atoms with van der Waals surface area (Å²) in [7, 11) is 0. The monoisotopic (exact) mass is 203 g/mol. The zero-order valence-electron chi connectivity index (χ0n) is 8.69. The number of aliphatic hydroxyl groups is 1. The summed E-state index contributed by atoms with van der Waals surface area (Å²) in [5.74, 6) is -2.27. The van der Waals surface area contributed by atoms with E-state index in [-0.39, 0.29) is 12.5 Å². The van der Waals surface area contributed by atoms with Crippen LogP contribution in [0.25, 0.3) is 0 Å². The molecule has 0 amide bonds. The summed E-state index contributed by atoms with van der Waals surface area (Å²) in [4.78, 5) is 22.2. The van der Waals surface area contributed by atoms with Crippen molar-refractivity contribution in [3.8, 4) is 0 Å². The molecule has 0 rings (SSSR count). The first kappa shape index (κ1) is 13.1. The van der Waals surface area contributed by atoms with Crippen molar-refractivity contribution in [2.75, 3.05) is 6.61 Å². The van der Waals surface area contributed by atoms with Crippen LogP contribution in [0.3, 0.4) is 0 Å². The van der Waals surface area contributed by atoms with E-state index in [1.807, 2.05) is 0 Å². The highest BCUT2D eigenvalue weighted by Crippen LogP contribution is 2.03. The molecule has 5 heteroatoms. The van der Waals surface area contributed by atoms with Gasteiger partial charge in [-0.25, -0.2) is 4.79 Å². The number of carbonyl (C=O) groups excluding carboxylic acids is 2. The van der Waals surface area contributed by atoms with Crippen molar-refractivity contribution in [1.82, 2.24) is 0 Å². The number of rotatable bonds is 4. The van der Waals surface area contributed by atoms with Crippen LogP contribution in [0.15, 0.2) is 0 Å². The fraction of sp³-hybridized carbons (Fsp3) is 0.778. The van der Waals surface area contributed by atoms with Crippen molar-refractivity contribution in [3.05, 3.63) is 0 Å². The minimum atomic E-state index is -0.801. The van der Waals surface area contributed by atoms with E-state index in [2.05, 4.69) is 4.74 Å². The van der Waals surface area contributed by atoms with Crippen molar-refractivity contribution < 1.29 is 19.4 Å². The summed E-state index contributed by atoms with van der Waals surface area (Å²) in [6, 6.07) is -0.801. The lowest BCUT2D eigenvalue weighted by Crippen LogP contribution is -2.39. The fourth-order valence-corrected chi connectivity index (χ4v) is 0.614. The van der Waals surface area contributed by atoms with Crippen LogP contribution >= 0.6 is 0 Å². The van der Waals surface area contributed by atoms with Gasteiger partial charge < -0.3 is 15.6 Å². The van der Waals surface area contributed by atoms with Gasteiger partial charge in [0.25, 0.3) is 0 Å². The minimum absolute atomic E-state index is 0.0836. The van der Waals surface area contributed by atoms with Gasteiger partial charge >= 0.3 is 11.9 Å². The maximum atomic E-state index is 11.2. The first-order valence-electron chi connectivity index (χ1n) is 4.52. The van der Waals surface area contributed by atoms with Crippen LogP contribution in [0.5, 0.6) is 0 Å². The lowest BCUT2D eigenvalue weighted by atomic mass is 10.1. The van der Waals surface area contributed by atoms with Gasteiger partial charge in [-0.3, -0.25) is 4.79 Å². The Kier molecular flexibility index (Phi) is 5.34. The van der Waals surface area contributed by atoms with Crippen LogP contribution in [0.4, 0.5) is 0 Å². The van der Waals surface area contributed by atoms with Gasteiger partial charge in [0.15, 0.2) is 0 Å². The Morgan fingerprint density at radius 3 is 2.14 bits per heavy atom. The summed E-state index contributed by atoms with van der Waals surface area (Å²) in [5, 5.41) is 8.62. The molecule has 2 atom stereocenters. The SMILES string of the molecule is CC(CO)C(=O)OC(=O)[C@@H](N)C(C)C. The van der Waals surface area contributed by atoms with Gasteiger partial charge in [0, 0.05) is 0 Å². The molecule has 0 aliphatic carbocycles. The molecule has 0 fully saturated rings. The molecule has 0 saturated heterocycles. The van der Waals surface area contributed by atoms with Crippen molar-refractivity contribution in [2.24, 2.45) is 17.6 Å². The van der Waals surface area contributed by atoms with Crippen LogP contribution in [-0.4, -0.2) is 29.7 Å². The van der Waals surface area contributed by atoms with Crippen molar-refractivity contribution in [3.63, 3.8) is 0 Å². The Hall–Kier alpha value is -0.940. The first-order valence-corrected chi connectivity index (χ1v) is 4.52. The molecule has 14 heavy (non-hydrogen) atoms. The molecule has 0 aliphatic rings. The highest BCUT2D eigenvalue weighted by Gasteiger charge is 2.24. The maximum absolute atomic E-state index is 11.2. The fourth-order valence-electron chi connectivity index (χ4n) is 0.614. The molecule has 3 N–H and O–H groups in total. The number of carbonyl (C=O) groups is 2. The molecule has 0 aromatic heterocycles. The molecule has 0 saturated carbocycles. The predicted molar refractivity (Wildman–Crippen MR) is 50.2 cm³/mol. The molecule has 0 spiro atoms. The summed E-state index contributed by atoms with van der Waals surface area (Å²) in [6.07, 6.45) is 0. The number of ether oxygens (including phenoxy) is 1. The summed E-state index contributed by atoms with van der Waals surface area (Å²) < 4.78 is 4.46. The van der Waals surface area contributed by atoms with Gasteiger partial charge in [0.1, 0.15) is 6.04 Å². The Morgan fingerprint density at radius 1 is 1.29 bits per heavy atom. The van der Waals surface area contributed by atoms with Crippen LogP contribution < -0.4 is 5.73 Å². The molecule has 0 aromatic rings. The van der Waals surface area contributed by atoms with E-state index in [0.29, 0.717) is 0 Å². The second kappa shape index (κ2) is 5.72. The minimum Gasteiger partial charge on any atom is -0.395 e. The van der Waals surface area contributed by atoms with E-state index in [1.165, 1.54) is 6.92 Å². The van der Waals surface area contributed by atoms with E-state index in [4.69, 9.17) is 10.8 Å². The number of aliphatic hydroxyl groups excluding tert-OH is 1. The van der Waals surface area contributed by atoms with Gasteiger partial charge in [0.05, 0.1) is 12.5 Å². The van der Waals surface area contributed by atoms with E-state index >= 15 is 0 Å². The number of hydrogen-bond donors (Lipinski definition) is 2. The average molecular weight is 203 g/mol. The number of nitrogens with two attached hydrogens (primary N) is 1. The number of hydrogen-bond acceptors (Lipinski definition) is 5. The molecular formula is C9H17NO4. The number of esters is 2. The van der Waals surface area contributed by atoms with Crippen molar-refractivity contribution >= 4 is 11.9 Å². The Morgan fingerprint density at radius 2 is 1.79 bits per heavy atom. The largest absolute Gasteiger partial charge is 0.395 e. The van der Waals surface area contributed by atoms with E-state index in [1.54, 1.807) is 13.8 Å². The third kappa shape index (κ3) is 3.85. The second-order valence-corrected chi connectivity index (χ2v) is 3.59. The Bertz CT molecular complexity index is 215. The van der Waals surface area contributed by atoms with Crippen LogP contribution in [-0.2, 0) is 14.3 Å².